The number of aromatic amines is 1. The number of nitrogens with one attached hydrogen (secondary N) is 1. The molecule has 0 bridgehead atoms. The molecule has 0 fully saturated rings. The summed E-state index contributed by atoms with van der Waals surface area (Å²) < 4.78 is 1.54. The van der Waals surface area contributed by atoms with E-state index in [1.54, 1.807) is 6.21 Å². The van der Waals surface area contributed by atoms with Gasteiger partial charge in [-0.3, -0.25) is 14.9 Å². The van der Waals surface area contributed by atoms with Crippen LogP contribution in [0.25, 0.3) is 5.69 Å². The van der Waals surface area contributed by atoms with Crippen molar-refractivity contribution < 1.29 is 0 Å². The van der Waals surface area contributed by atoms with Crippen molar-refractivity contribution in [3.63, 3.8) is 0 Å². The minimum atomic E-state index is -0.0960. The number of benzene rings is 2. The van der Waals surface area contributed by atoms with E-state index in [0.717, 1.165) is 17.1 Å². The predicted molar refractivity (Wildman–Crippen MR) is 94.3 cm³/mol. The lowest BCUT2D eigenvalue weighted by atomic mass is 10.1. The van der Waals surface area contributed by atoms with Gasteiger partial charge in [-0.05, 0) is 56.2 Å². The van der Waals surface area contributed by atoms with Crippen LogP contribution in [0.2, 0.25) is 0 Å². The van der Waals surface area contributed by atoms with E-state index in [4.69, 9.17) is 0 Å². The third kappa shape index (κ3) is 3.01. The van der Waals surface area contributed by atoms with Crippen molar-refractivity contribution in [3.8, 4) is 5.69 Å². The van der Waals surface area contributed by atoms with Gasteiger partial charge in [-0.25, -0.2) is 4.68 Å². The van der Waals surface area contributed by atoms with Crippen LogP contribution in [0.5, 0.6) is 0 Å². The van der Waals surface area contributed by atoms with E-state index >= 15 is 0 Å². The molecule has 0 aliphatic carbocycles. The second-order valence-electron chi connectivity index (χ2n) is 5.65. The second kappa shape index (κ2) is 6.08. The highest BCUT2D eigenvalue weighted by Gasteiger charge is 2.10. The van der Waals surface area contributed by atoms with Crippen LogP contribution in [0, 0.1) is 20.8 Å². The van der Waals surface area contributed by atoms with Crippen LogP contribution >= 0.6 is 0 Å². The summed E-state index contributed by atoms with van der Waals surface area (Å²) in [6, 6.07) is 15.5. The Balaban J connectivity index is 1.98. The van der Waals surface area contributed by atoms with E-state index in [2.05, 4.69) is 23.9 Å². The molecule has 1 N–H and O–H groups in total. The van der Waals surface area contributed by atoms with Crippen molar-refractivity contribution in [2.45, 2.75) is 20.8 Å². The molecule has 116 valence electrons. The monoisotopic (exact) mass is 305 g/mol. The Morgan fingerprint density at radius 3 is 2.43 bits per heavy atom. The SMILES string of the molecule is Cc1ccc(N=Cc2c(C)[nH]n(-c3ccccc3)c2=O)cc1C. The summed E-state index contributed by atoms with van der Waals surface area (Å²) in [5, 5.41) is 3.10. The number of H-pyrrole nitrogens is 1. The van der Waals surface area contributed by atoms with Crippen molar-refractivity contribution in [2.75, 3.05) is 0 Å². The molecule has 0 aliphatic rings. The highest BCUT2D eigenvalue weighted by atomic mass is 16.1. The number of aromatic nitrogens is 2. The fraction of sp³-hybridized carbons (Fsp3) is 0.158. The lowest BCUT2D eigenvalue weighted by Gasteiger charge is -2.00. The molecular formula is C19H19N3O. The van der Waals surface area contributed by atoms with Crippen LogP contribution in [-0.2, 0) is 0 Å². The van der Waals surface area contributed by atoms with Gasteiger partial charge in [0.25, 0.3) is 5.56 Å². The molecule has 23 heavy (non-hydrogen) atoms. The maximum Gasteiger partial charge on any atom is 0.280 e. The first-order chi connectivity index (χ1) is 11.1. The molecule has 1 heterocycles. The van der Waals surface area contributed by atoms with Crippen LogP contribution in [0.3, 0.4) is 0 Å². The summed E-state index contributed by atoms with van der Waals surface area (Å²) >= 11 is 0. The first-order valence-electron chi connectivity index (χ1n) is 7.54. The van der Waals surface area contributed by atoms with E-state index in [9.17, 15) is 4.79 Å². The van der Waals surface area contributed by atoms with E-state index < -0.39 is 0 Å². The summed E-state index contributed by atoms with van der Waals surface area (Å²) in [5.41, 5.74) is 5.35. The zero-order valence-corrected chi connectivity index (χ0v) is 13.5. The lowest BCUT2D eigenvalue weighted by molar-refractivity contribution is 0.835. The summed E-state index contributed by atoms with van der Waals surface area (Å²) in [6.45, 7) is 6.00. The van der Waals surface area contributed by atoms with Gasteiger partial charge in [0.1, 0.15) is 0 Å². The zero-order valence-electron chi connectivity index (χ0n) is 13.5. The van der Waals surface area contributed by atoms with Gasteiger partial charge >= 0.3 is 0 Å². The molecule has 3 rings (SSSR count). The van der Waals surface area contributed by atoms with E-state index in [0.29, 0.717) is 5.56 Å². The van der Waals surface area contributed by atoms with Crippen LogP contribution in [0.1, 0.15) is 22.4 Å². The minimum absolute atomic E-state index is 0.0960. The van der Waals surface area contributed by atoms with Gasteiger partial charge < -0.3 is 0 Å². The molecule has 0 radical (unpaired) electrons. The zero-order chi connectivity index (χ0) is 16.4. The predicted octanol–water partition coefficient (Wildman–Crippen LogP) is 3.84. The Morgan fingerprint density at radius 2 is 1.74 bits per heavy atom. The lowest BCUT2D eigenvalue weighted by Crippen LogP contribution is -2.17. The van der Waals surface area contributed by atoms with Gasteiger partial charge in [-0.2, -0.15) is 0 Å². The van der Waals surface area contributed by atoms with Gasteiger partial charge in [0.15, 0.2) is 0 Å². The number of hydrogen-bond acceptors (Lipinski definition) is 2. The van der Waals surface area contributed by atoms with Crippen LogP contribution in [0.4, 0.5) is 5.69 Å². The summed E-state index contributed by atoms with van der Waals surface area (Å²) in [7, 11) is 0. The maximum absolute atomic E-state index is 12.6. The van der Waals surface area contributed by atoms with Crippen LogP contribution < -0.4 is 5.56 Å². The molecule has 3 aromatic rings. The number of hydrogen-bond donors (Lipinski definition) is 1. The Morgan fingerprint density at radius 1 is 1.00 bits per heavy atom. The number of para-hydroxylation sites is 1. The average Bonchev–Trinajstić information content (AvgIpc) is 2.84. The molecule has 4 nitrogen and oxygen atoms in total. The molecule has 4 heteroatoms. The Labute approximate surface area is 135 Å². The Kier molecular flexibility index (Phi) is 3.98. The van der Waals surface area contributed by atoms with Crippen molar-refractivity contribution >= 4 is 11.9 Å². The summed E-state index contributed by atoms with van der Waals surface area (Å²) in [5.74, 6) is 0. The smallest absolute Gasteiger partial charge is 0.280 e. The van der Waals surface area contributed by atoms with Gasteiger partial charge in [0.2, 0.25) is 0 Å². The molecule has 0 unspecified atom stereocenters. The normalized spacial score (nSPS) is 11.3. The van der Waals surface area contributed by atoms with Gasteiger partial charge in [-0.15, -0.1) is 0 Å². The van der Waals surface area contributed by atoms with E-state index in [1.165, 1.54) is 15.8 Å². The quantitative estimate of drug-likeness (QED) is 0.734. The molecule has 0 saturated heterocycles. The Bertz CT molecular complexity index is 918. The number of aliphatic imine (C=N–C) groups is 1. The minimum Gasteiger partial charge on any atom is -0.295 e. The highest BCUT2D eigenvalue weighted by Crippen LogP contribution is 2.17. The van der Waals surface area contributed by atoms with Crippen LogP contribution in [0.15, 0.2) is 58.3 Å². The largest absolute Gasteiger partial charge is 0.295 e. The van der Waals surface area contributed by atoms with Gasteiger partial charge in [-0.1, -0.05) is 24.3 Å². The third-order valence-electron chi connectivity index (χ3n) is 3.96. The van der Waals surface area contributed by atoms with Crippen molar-refractivity contribution in [2.24, 2.45) is 4.99 Å². The van der Waals surface area contributed by atoms with Gasteiger partial charge in [0.05, 0.1) is 16.9 Å². The maximum atomic E-state index is 12.6. The number of nitrogens with zero attached hydrogens (tertiary/aromatic N) is 2. The average molecular weight is 305 g/mol. The molecule has 0 saturated carbocycles. The van der Waals surface area contributed by atoms with Crippen molar-refractivity contribution in [1.29, 1.82) is 0 Å². The molecule has 1 aromatic heterocycles. The van der Waals surface area contributed by atoms with E-state index in [-0.39, 0.29) is 5.56 Å². The fourth-order valence-corrected chi connectivity index (χ4v) is 2.42. The number of rotatable bonds is 3. The first-order valence-corrected chi connectivity index (χ1v) is 7.54. The van der Waals surface area contributed by atoms with Crippen molar-refractivity contribution in [1.82, 2.24) is 9.78 Å². The number of aryl methyl sites for hydroxylation is 3. The highest BCUT2D eigenvalue weighted by molar-refractivity contribution is 5.83. The first kappa shape index (κ1) is 15.0. The topological polar surface area (TPSA) is 50.1 Å². The summed E-state index contributed by atoms with van der Waals surface area (Å²) in [6.07, 6.45) is 1.64. The van der Waals surface area contributed by atoms with Gasteiger partial charge in [0, 0.05) is 11.9 Å². The fourth-order valence-electron chi connectivity index (χ4n) is 2.42. The van der Waals surface area contributed by atoms with Crippen molar-refractivity contribution in [3.05, 3.63) is 81.3 Å². The standard InChI is InChI=1S/C19H19N3O/c1-13-9-10-16(11-14(13)2)20-12-18-15(3)21-22(19(18)23)17-7-5-4-6-8-17/h4-12,21H,1-3H3. The summed E-state index contributed by atoms with van der Waals surface area (Å²) in [4.78, 5) is 17.0. The second-order valence-corrected chi connectivity index (χ2v) is 5.65. The molecule has 0 atom stereocenters. The Hall–Kier alpha value is -2.88. The van der Waals surface area contributed by atoms with Crippen LogP contribution in [-0.4, -0.2) is 16.0 Å². The third-order valence-corrected chi connectivity index (χ3v) is 3.96. The molecule has 0 aliphatic heterocycles. The molecule has 0 spiro atoms. The van der Waals surface area contributed by atoms with E-state index in [1.807, 2.05) is 55.5 Å². The molecular weight excluding hydrogens is 286 g/mol. The molecule has 2 aromatic carbocycles. The molecule has 0 amide bonds.